The molecule has 25 heavy (non-hydrogen) atoms. The number of hydrogen-bond acceptors (Lipinski definition) is 3. The molecule has 0 fully saturated rings. The van der Waals surface area contributed by atoms with Gasteiger partial charge in [-0.1, -0.05) is 25.1 Å². The Kier molecular flexibility index (Phi) is 5.56. The predicted molar refractivity (Wildman–Crippen MR) is 103 cm³/mol. The lowest BCUT2D eigenvalue weighted by molar-refractivity contribution is 0.269. The van der Waals surface area contributed by atoms with E-state index in [1.165, 1.54) is 5.56 Å². The fourth-order valence-corrected chi connectivity index (χ4v) is 3.11. The number of nitrogens with zero attached hydrogens (tertiary/aromatic N) is 1. The second-order valence-electron chi connectivity index (χ2n) is 5.84. The minimum absolute atomic E-state index is 0.0195. The number of rotatable bonds is 6. The van der Waals surface area contributed by atoms with Gasteiger partial charge in [0.2, 0.25) is 0 Å². The fraction of sp³-hybridized carbons (Fsp3) is 0.250. The maximum atomic E-state index is 5.72. The molecular formula is C20H22N2O2S. The van der Waals surface area contributed by atoms with E-state index in [4.69, 9.17) is 21.1 Å². The zero-order valence-corrected chi connectivity index (χ0v) is 15.3. The number of aryl methyl sites for hydroxylation is 1. The maximum absolute atomic E-state index is 5.72. The van der Waals surface area contributed by atoms with Gasteiger partial charge in [-0.3, -0.25) is 0 Å². The molecule has 0 aliphatic heterocycles. The second kappa shape index (κ2) is 8.03. The van der Waals surface area contributed by atoms with E-state index >= 15 is 0 Å². The highest BCUT2D eigenvalue weighted by Crippen LogP contribution is 2.25. The molecular weight excluding hydrogens is 332 g/mol. The van der Waals surface area contributed by atoms with Gasteiger partial charge in [0, 0.05) is 5.69 Å². The number of para-hydroxylation sites is 1. The molecule has 0 aliphatic carbocycles. The van der Waals surface area contributed by atoms with Crippen LogP contribution in [0.3, 0.4) is 0 Å². The summed E-state index contributed by atoms with van der Waals surface area (Å²) in [4.78, 5) is 2.07. The van der Waals surface area contributed by atoms with Crippen molar-refractivity contribution in [2.45, 2.75) is 32.9 Å². The average Bonchev–Trinajstić information content (AvgIpc) is 3.33. The van der Waals surface area contributed by atoms with Gasteiger partial charge in [-0.05, 0) is 61.5 Å². The summed E-state index contributed by atoms with van der Waals surface area (Å²) in [5.74, 6) is 1.71. The molecule has 130 valence electrons. The number of furan rings is 2. The SMILES string of the molecule is CCc1ccccc1NC(=S)N(Cc1ccco1)C(C)c1ccco1. The first-order chi connectivity index (χ1) is 12.2. The van der Waals surface area contributed by atoms with Crippen LogP contribution in [0, 0.1) is 0 Å². The summed E-state index contributed by atoms with van der Waals surface area (Å²) in [6.45, 7) is 4.77. The highest BCUT2D eigenvalue weighted by Gasteiger charge is 2.22. The van der Waals surface area contributed by atoms with E-state index in [0.717, 1.165) is 23.6 Å². The van der Waals surface area contributed by atoms with Crippen molar-refractivity contribution >= 4 is 23.0 Å². The van der Waals surface area contributed by atoms with Crippen molar-refractivity contribution < 1.29 is 8.83 Å². The molecule has 1 aromatic carbocycles. The Morgan fingerprint density at radius 3 is 2.52 bits per heavy atom. The van der Waals surface area contributed by atoms with Crippen LogP contribution >= 0.6 is 12.2 Å². The molecule has 0 amide bonds. The normalized spacial score (nSPS) is 11.9. The highest BCUT2D eigenvalue weighted by atomic mass is 32.1. The molecule has 0 saturated heterocycles. The molecule has 5 heteroatoms. The molecule has 1 atom stereocenters. The average molecular weight is 354 g/mol. The molecule has 4 nitrogen and oxygen atoms in total. The topological polar surface area (TPSA) is 41.5 Å². The zero-order valence-electron chi connectivity index (χ0n) is 14.4. The van der Waals surface area contributed by atoms with Crippen LogP contribution in [-0.4, -0.2) is 10.0 Å². The zero-order chi connectivity index (χ0) is 17.6. The first kappa shape index (κ1) is 17.3. The predicted octanol–water partition coefficient (Wildman–Crippen LogP) is 5.40. The smallest absolute Gasteiger partial charge is 0.174 e. The number of anilines is 1. The molecule has 0 saturated carbocycles. The van der Waals surface area contributed by atoms with E-state index in [-0.39, 0.29) is 6.04 Å². The van der Waals surface area contributed by atoms with E-state index in [1.54, 1.807) is 12.5 Å². The van der Waals surface area contributed by atoms with Crippen LogP contribution in [0.4, 0.5) is 5.69 Å². The molecule has 1 N–H and O–H groups in total. The Hall–Kier alpha value is -2.53. The lowest BCUT2D eigenvalue weighted by Crippen LogP contribution is -2.36. The molecule has 2 aromatic heterocycles. The Bertz CT molecular complexity index is 797. The third kappa shape index (κ3) is 4.12. The Morgan fingerprint density at radius 2 is 1.84 bits per heavy atom. The number of nitrogens with one attached hydrogen (secondary N) is 1. The van der Waals surface area contributed by atoms with Crippen LogP contribution in [0.15, 0.2) is 69.9 Å². The molecule has 3 rings (SSSR count). The van der Waals surface area contributed by atoms with Gasteiger partial charge in [0.1, 0.15) is 11.5 Å². The summed E-state index contributed by atoms with van der Waals surface area (Å²) in [5.41, 5.74) is 2.26. The Balaban J connectivity index is 1.83. The highest BCUT2D eigenvalue weighted by molar-refractivity contribution is 7.80. The summed E-state index contributed by atoms with van der Waals surface area (Å²) in [6.07, 6.45) is 4.30. The standard InChI is InChI=1S/C20H22N2O2S/c1-3-16-8-4-5-10-18(16)21-20(25)22(14-17-9-6-12-23-17)15(2)19-11-7-13-24-19/h4-13,15H,3,14H2,1-2H3,(H,21,25). The third-order valence-corrected chi connectivity index (χ3v) is 4.57. The Labute approximate surface area is 153 Å². The molecule has 0 aliphatic rings. The number of thiocarbonyl (C=S) groups is 1. The van der Waals surface area contributed by atoms with Crippen molar-refractivity contribution in [1.29, 1.82) is 0 Å². The largest absolute Gasteiger partial charge is 0.467 e. The Morgan fingerprint density at radius 1 is 1.08 bits per heavy atom. The number of hydrogen-bond donors (Lipinski definition) is 1. The maximum Gasteiger partial charge on any atom is 0.174 e. The van der Waals surface area contributed by atoms with Crippen molar-refractivity contribution in [1.82, 2.24) is 4.90 Å². The van der Waals surface area contributed by atoms with Gasteiger partial charge in [0.05, 0.1) is 25.1 Å². The summed E-state index contributed by atoms with van der Waals surface area (Å²) in [6, 6.07) is 15.9. The lowest BCUT2D eigenvalue weighted by atomic mass is 10.1. The van der Waals surface area contributed by atoms with Crippen LogP contribution in [0.2, 0.25) is 0 Å². The van der Waals surface area contributed by atoms with E-state index in [1.807, 2.05) is 42.5 Å². The van der Waals surface area contributed by atoms with E-state index in [9.17, 15) is 0 Å². The van der Waals surface area contributed by atoms with Gasteiger partial charge in [0.25, 0.3) is 0 Å². The van der Waals surface area contributed by atoms with Crippen molar-refractivity contribution in [3.05, 3.63) is 78.1 Å². The molecule has 0 spiro atoms. The van der Waals surface area contributed by atoms with Crippen LogP contribution in [0.1, 0.15) is 37.0 Å². The first-order valence-corrected chi connectivity index (χ1v) is 8.81. The minimum atomic E-state index is -0.0195. The van der Waals surface area contributed by atoms with Gasteiger partial charge in [-0.2, -0.15) is 0 Å². The summed E-state index contributed by atoms with van der Waals surface area (Å²) in [5, 5.41) is 4.03. The van der Waals surface area contributed by atoms with Gasteiger partial charge < -0.3 is 19.1 Å². The molecule has 3 aromatic rings. The summed E-state index contributed by atoms with van der Waals surface area (Å²) >= 11 is 5.72. The van der Waals surface area contributed by atoms with Crippen LogP contribution in [0.5, 0.6) is 0 Å². The van der Waals surface area contributed by atoms with E-state index < -0.39 is 0 Å². The van der Waals surface area contributed by atoms with Crippen LogP contribution in [0.25, 0.3) is 0 Å². The van der Waals surface area contributed by atoms with Gasteiger partial charge in [-0.15, -0.1) is 0 Å². The molecule has 0 bridgehead atoms. The van der Waals surface area contributed by atoms with Crippen molar-refractivity contribution in [3.8, 4) is 0 Å². The molecule has 1 unspecified atom stereocenters. The van der Waals surface area contributed by atoms with Crippen molar-refractivity contribution in [2.75, 3.05) is 5.32 Å². The van der Waals surface area contributed by atoms with Crippen molar-refractivity contribution in [3.63, 3.8) is 0 Å². The third-order valence-electron chi connectivity index (χ3n) is 4.23. The van der Waals surface area contributed by atoms with Crippen LogP contribution < -0.4 is 5.32 Å². The van der Waals surface area contributed by atoms with E-state index in [0.29, 0.717) is 11.7 Å². The van der Waals surface area contributed by atoms with E-state index in [2.05, 4.69) is 30.1 Å². The minimum Gasteiger partial charge on any atom is -0.467 e. The monoisotopic (exact) mass is 354 g/mol. The summed E-state index contributed by atoms with van der Waals surface area (Å²) in [7, 11) is 0. The van der Waals surface area contributed by atoms with Gasteiger partial charge >= 0.3 is 0 Å². The second-order valence-corrected chi connectivity index (χ2v) is 6.23. The van der Waals surface area contributed by atoms with Crippen molar-refractivity contribution in [2.24, 2.45) is 0 Å². The molecule has 0 radical (unpaired) electrons. The quantitative estimate of drug-likeness (QED) is 0.601. The summed E-state index contributed by atoms with van der Waals surface area (Å²) < 4.78 is 11.1. The van der Waals surface area contributed by atoms with Gasteiger partial charge in [0.15, 0.2) is 5.11 Å². The molecule has 2 heterocycles. The van der Waals surface area contributed by atoms with Crippen LogP contribution in [-0.2, 0) is 13.0 Å². The number of benzene rings is 1. The fourth-order valence-electron chi connectivity index (χ4n) is 2.78. The first-order valence-electron chi connectivity index (χ1n) is 8.40. The lowest BCUT2D eigenvalue weighted by Gasteiger charge is -2.30. The van der Waals surface area contributed by atoms with Gasteiger partial charge in [-0.25, -0.2) is 0 Å².